The van der Waals surface area contributed by atoms with Gasteiger partial charge in [0.05, 0.1) is 6.61 Å². The van der Waals surface area contributed by atoms with Crippen molar-refractivity contribution >= 4 is 12.0 Å². The monoisotopic (exact) mass is 236 g/mol. The summed E-state index contributed by atoms with van der Waals surface area (Å²) in [6.07, 6.45) is -1.35. The minimum absolute atomic E-state index is 0.158. The third-order valence-electron chi connectivity index (χ3n) is 2.36. The van der Waals surface area contributed by atoms with Crippen molar-refractivity contribution in [3.05, 3.63) is 42.0 Å². The molecule has 2 atom stereocenters. The third kappa shape index (κ3) is 3.15. The summed E-state index contributed by atoms with van der Waals surface area (Å²) in [6.45, 7) is 5.40. The Hall–Kier alpha value is -1.65. The molecule has 1 aromatic rings. The van der Waals surface area contributed by atoms with Gasteiger partial charge < -0.3 is 14.9 Å². The maximum Gasteiger partial charge on any atom is 0.338 e. The fourth-order valence-electron chi connectivity index (χ4n) is 1.49. The van der Waals surface area contributed by atoms with Crippen LogP contribution in [-0.4, -0.2) is 28.9 Å². The number of rotatable bonds is 5. The molecule has 0 spiro atoms. The van der Waals surface area contributed by atoms with Crippen LogP contribution < -0.4 is 0 Å². The summed E-state index contributed by atoms with van der Waals surface area (Å²) in [5.41, 5.74) is 1.12. The quantitative estimate of drug-likeness (QED) is 0.756. The summed E-state index contributed by atoms with van der Waals surface area (Å²) < 4.78 is 4.65. The molecule has 0 fully saturated rings. The maximum atomic E-state index is 11.3. The summed E-state index contributed by atoms with van der Waals surface area (Å²) in [6, 6.07) is 6.86. The smallest absolute Gasteiger partial charge is 0.338 e. The highest BCUT2D eigenvalue weighted by molar-refractivity contribution is 5.75. The first-order valence-corrected chi connectivity index (χ1v) is 5.36. The van der Waals surface area contributed by atoms with Gasteiger partial charge in [0.2, 0.25) is 0 Å². The van der Waals surface area contributed by atoms with Crippen molar-refractivity contribution in [1.29, 1.82) is 0 Å². The van der Waals surface area contributed by atoms with Gasteiger partial charge in [0, 0.05) is 0 Å². The van der Waals surface area contributed by atoms with Gasteiger partial charge in [0.1, 0.15) is 6.10 Å². The second kappa shape index (κ2) is 6.18. The van der Waals surface area contributed by atoms with Crippen LogP contribution in [0.5, 0.6) is 0 Å². The topological polar surface area (TPSA) is 66.8 Å². The second-order valence-electron chi connectivity index (χ2n) is 3.47. The van der Waals surface area contributed by atoms with Crippen LogP contribution in [0, 0.1) is 0 Å². The lowest BCUT2D eigenvalue weighted by Gasteiger charge is -2.18. The van der Waals surface area contributed by atoms with E-state index in [-0.39, 0.29) is 6.61 Å². The van der Waals surface area contributed by atoms with Crippen LogP contribution in [0.25, 0.3) is 6.08 Å². The van der Waals surface area contributed by atoms with Gasteiger partial charge in [0.15, 0.2) is 6.10 Å². The van der Waals surface area contributed by atoms with E-state index in [1.807, 2.05) is 0 Å². The minimum atomic E-state index is -1.59. The molecule has 0 saturated heterocycles. The van der Waals surface area contributed by atoms with E-state index in [1.54, 1.807) is 37.3 Å². The lowest BCUT2D eigenvalue weighted by molar-refractivity contribution is -0.159. The van der Waals surface area contributed by atoms with Gasteiger partial charge in [-0.3, -0.25) is 0 Å². The summed E-state index contributed by atoms with van der Waals surface area (Å²) in [5.74, 6) is -0.834. The summed E-state index contributed by atoms with van der Waals surface area (Å²) in [7, 11) is 0. The first-order chi connectivity index (χ1) is 8.11. The molecular weight excluding hydrogens is 220 g/mol. The number of benzene rings is 1. The molecule has 4 nitrogen and oxygen atoms in total. The third-order valence-corrected chi connectivity index (χ3v) is 2.36. The highest BCUT2D eigenvalue weighted by atomic mass is 16.5. The van der Waals surface area contributed by atoms with Gasteiger partial charge in [-0.05, 0) is 18.1 Å². The largest absolute Gasteiger partial charge is 0.464 e. The fraction of sp³-hybridized carbons (Fsp3) is 0.308. The normalized spacial score (nSPS) is 13.8. The van der Waals surface area contributed by atoms with E-state index in [9.17, 15) is 15.0 Å². The maximum absolute atomic E-state index is 11.3. The van der Waals surface area contributed by atoms with Gasteiger partial charge in [-0.2, -0.15) is 0 Å². The number of aliphatic hydroxyl groups is 2. The molecule has 2 unspecified atom stereocenters. The first kappa shape index (κ1) is 13.4. The Bertz CT molecular complexity index is 400. The first-order valence-electron chi connectivity index (χ1n) is 5.36. The fourth-order valence-corrected chi connectivity index (χ4v) is 1.49. The minimum Gasteiger partial charge on any atom is -0.464 e. The van der Waals surface area contributed by atoms with E-state index in [0.717, 1.165) is 0 Å². The molecule has 0 aliphatic heterocycles. The summed E-state index contributed by atoms with van der Waals surface area (Å²) in [5, 5.41) is 19.5. The lowest BCUT2D eigenvalue weighted by atomic mass is 9.99. The molecule has 1 rings (SSSR count). The van der Waals surface area contributed by atoms with Gasteiger partial charge in [-0.15, -0.1) is 0 Å². The molecule has 0 heterocycles. The van der Waals surface area contributed by atoms with E-state index in [2.05, 4.69) is 11.3 Å². The molecule has 17 heavy (non-hydrogen) atoms. The summed E-state index contributed by atoms with van der Waals surface area (Å²) >= 11 is 0. The van der Waals surface area contributed by atoms with Crippen LogP contribution >= 0.6 is 0 Å². The van der Waals surface area contributed by atoms with Gasteiger partial charge in [-0.1, -0.05) is 36.9 Å². The second-order valence-corrected chi connectivity index (χ2v) is 3.47. The number of hydrogen-bond acceptors (Lipinski definition) is 4. The molecule has 0 aromatic heterocycles. The molecule has 2 N–H and O–H groups in total. The van der Waals surface area contributed by atoms with E-state index in [4.69, 9.17) is 0 Å². The molecule has 0 saturated carbocycles. The highest BCUT2D eigenvalue weighted by Gasteiger charge is 2.27. The highest BCUT2D eigenvalue weighted by Crippen LogP contribution is 2.22. The van der Waals surface area contributed by atoms with Crippen LogP contribution in [-0.2, 0) is 9.53 Å². The van der Waals surface area contributed by atoms with Crippen LogP contribution in [0.3, 0.4) is 0 Å². The van der Waals surface area contributed by atoms with Crippen molar-refractivity contribution in [2.75, 3.05) is 6.61 Å². The van der Waals surface area contributed by atoms with E-state index in [0.29, 0.717) is 11.1 Å². The Labute approximate surface area is 100 Å². The zero-order chi connectivity index (χ0) is 12.8. The molecule has 4 heteroatoms. The van der Waals surface area contributed by atoms with Crippen molar-refractivity contribution in [3.63, 3.8) is 0 Å². The number of carbonyl (C=O) groups excluding carboxylic acids is 1. The van der Waals surface area contributed by atoms with Crippen LogP contribution in [0.2, 0.25) is 0 Å². The Kier molecular flexibility index (Phi) is 4.87. The molecular formula is C13H16O4. The van der Waals surface area contributed by atoms with Crippen molar-refractivity contribution in [2.24, 2.45) is 0 Å². The Morgan fingerprint density at radius 1 is 1.47 bits per heavy atom. The summed E-state index contributed by atoms with van der Waals surface area (Å²) in [4.78, 5) is 11.3. The van der Waals surface area contributed by atoms with E-state index >= 15 is 0 Å². The van der Waals surface area contributed by atoms with Crippen molar-refractivity contribution in [2.45, 2.75) is 19.1 Å². The molecule has 0 radical (unpaired) electrons. The Morgan fingerprint density at radius 2 is 2.12 bits per heavy atom. The zero-order valence-corrected chi connectivity index (χ0v) is 9.67. The van der Waals surface area contributed by atoms with Gasteiger partial charge in [0.25, 0.3) is 0 Å². The molecule has 1 aromatic carbocycles. The van der Waals surface area contributed by atoms with Crippen LogP contribution in [0.4, 0.5) is 0 Å². The number of hydrogen-bond donors (Lipinski definition) is 2. The van der Waals surface area contributed by atoms with Crippen LogP contribution in [0.1, 0.15) is 24.2 Å². The number of carbonyl (C=O) groups is 1. The molecule has 0 amide bonds. The SMILES string of the molecule is C=Cc1ccccc1C(O)C(O)C(=O)OCC. The predicted molar refractivity (Wildman–Crippen MR) is 64.1 cm³/mol. The van der Waals surface area contributed by atoms with Crippen molar-refractivity contribution < 1.29 is 19.7 Å². The van der Waals surface area contributed by atoms with Gasteiger partial charge >= 0.3 is 5.97 Å². The number of aliphatic hydroxyl groups excluding tert-OH is 2. The molecule has 0 aliphatic rings. The molecule has 0 bridgehead atoms. The van der Waals surface area contributed by atoms with E-state index in [1.165, 1.54) is 0 Å². The average molecular weight is 236 g/mol. The zero-order valence-electron chi connectivity index (χ0n) is 9.67. The van der Waals surface area contributed by atoms with Gasteiger partial charge in [-0.25, -0.2) is 4.79 Å². The van der Waals surface area contributed by atoms with Crippen molar-refractivity contribution in [3.8, 4) is 0 Å². The van der Waals surface area contributed by atoms with Crippen molar-refractivity contribution in [1.82, 2.24) is 0 Å². The predicted octanol–water partition coefficient (Wildman–Crippen LogP) is 1.29. The molecule has 92 valence electrons. The number of esters is 1. The van der Waals surface area contributed by atoms with E-state index < -0.39 is 18.2 Å². The average Bonchev–Trinajstić information content (AvgIpc) is 2.37. The number of ether oxygens (including phenoxy) is 1. The standard InChI is InChI=1S/C13H16O4/c1-3-9-7-5-6-8-10(9)11(14)12(15)13(16)17-4-2/h3,5-8,11-12,14-15H,1,4H2,2H3. The molecule has 0 aliphatic carbocycles. The Balaban J connectivity index is 2.91. The lowest BCUT2D eigenvalue weighted by Crippen LogP contribution is -2.30. The van der Waals surface area contributed by atoms with Crippen LogP contribution in [0.15, 0.2) is 30.8 Å². The Morgan fingerprint density at radius 3 is 2.71 bits per heavy atom.